The molecule has 2 rings (SSSR count). The van der Waals surface area contributed by atoms with Gasteiger partial charge in [0.25, 0.3) is 0 Å². The Morgan fingerprint density at radius 2 is 1.60 bits per heavy atom. The quantitative estimate of drug-likeness (QED) is 0.485. The van der Waals surface area contributed by atoms with Gasteiger partial charge in [0.1, 0.15) is 0 Å². The van der Waals surface area contributed by atoms with Gasteiger partial charge in [-0.2, -0.15) is 0 Å². The van der Waals surface area contributed by atoms with Gasteiger partial charge in [0.05, 0.1) is 5.56 Å². The van der Waals surface area contributed by atoms with Gasteiger partial charge in [-0.15, -0.1) is 0 Å². The summed E-state index contributed by atoms with van der Waals surface area (Å²) in [4.78, 5) is 23.3. The summed E-state index contributed by atoms with van der Waals surface area (Å²) < 4.78 is 4.86. The monoisotopic (exact) mass is 326 g/mol. The summed E-state index contributed by atoms with van der Waals surface area (Å²) in [5.74, 6) is -0.540. The van der Waals surface area contributed by atoms with Crippen LogP contribution in [0, 0.1) is 5.92 Å². The van der Waals surface area contributed by atoms with Gasteiger partial charge in [0, 0.05) is 6.42 Å². The SMILES string of the molecule is O=C(CC1CCCCC1)OC(=O)c1ccccc1.[KH].[KH]. The van der Waals surface area contributed by atoms with Gasteiger partial charge in [0.2, 0.25) is 0 Å². The summed E-state index contributed by atoms with van der Waals surface area (Å²) in [7, 11) is 0. The molecular formula is C15H20K2O3. The molecule has 0 N–H and O–H groups in total. The summed E-state index contributed by atoms with van der Waals surface area (Å²) in [6.45, 7) is 0. The first-order valence-electron chi connectivity index (χ1n) is 6.56. The van der Waals surface area contributed by atoms with Crippen LogP contribution in [0.3, 0.4) is 0 Å². The van der Waals surface area contributed by atoms with Crippen molar-refractivity contribution in [1.29, 1.82) is 0 Å². The summed E-state index contributed by atoms with van der Waals surface area (Å²) in [6, 6.07) is 8.62. The van der Waals surface area contributed by atoms with E-state index in [9.17, 15) is 9.59 Å². The molecular weight excluding hydrogens is 306 g/mol. The molecule has 0 saturated heterocycles. The Morgan fingerprint density at radius 1 is 1.00 bits per heavy atom. The van der Waals surface area contributed by atoms with Crippen LogP contribution in [0.15, 0.2) is 30.3 Å². The van der Waals surface area contributed by atoms with Gasteiger partial charge < -0.3 is 4.74 Å². The molecule has 3 nitrogen and oxygen atoms in total. The molecule has 5 heteroatoms. The molecule has 0 bridgehead atoms. The normalized spacial score (nSPS) is 14.6. The van der Waals surface area contributed by atoms with E-state index in [1.54, 1.807) is 24.3 Å². The fourth-order valence-electron chi connectivity index (χ4n) is 2.41. The summed E-state index contributed by atoms with van der Waals surface area (Å²) in [6.07, 6.45) is 6.16. The zero-order valence-electron chi connectivity index (χ0n) is 10.4. The van der Waals surface area contributed by atoms with Crippen LogP contribution in [0.25, 0.3) is 0 Å². The van der Waals surface area contributed by atoms with Crippen molar-refractivity contribution in [2.45, 2.75) is 38.5 Å². The van der Waals surface area contributed by atoms with E-state index in [-0.39, 0.29) is 103 Å². The van der Waals surface area contributed by atoms with E-state index in [1.165, 1.54) is 19.3 Å². The van der Waals surface area contributed by atoms with Crippen molar-refractivity contribution in [2.75, 3.05) is 0 Å². The van der Waals surface area contributed by atoms with Gasteiger partial charge in [-0.3, -0.25) is 4.79 Å². The Kier molecular flexibility index (Phi) is 13.1. The van der Waals surface area contributed by atoms with Crippen LogP contribution >= 0.6 is 0 Å². The topological polar surface area (TPSA) is 43.4 Å². The number of carbonyl (C=O) groups excluding carboxylic acids is 2. The van der Waals surface area contributed by atoms with E-state index >= 15 is 0 Å². The number of rotatable bonds is 3. The van der Waals surface area contributed by atoms with Crippen molar-refractivity contribution >= 4 is 115 Å². The number of benzene rings is 1. The Labute approximate surface area is 205 Å². The minimum absolute atomic E-state index is 0. The van der Waals surface area contributed by atoms with Crippen LogP contribution in [-0.2, 0) is 9.53 Å². The maximum atomic E-state index is 11.7. The standard InChI is InChI=1S/C15H18O3.2K.2H/c16-14(11-12-7-3-1-4-8-12)18-15(17)13-9-5-2-6-10-13;;;;/h2,5-6,9-10,12H,1,3-4,7-8,11H2;;;;. The summed E-state index contributed by atoms with van der Waals surface area (Å²) >= 11 is 0. The van der Waals surface area contributed by atoms with Gasteiger partial charge in [-0.05, 0) is 30.9 Å². The van der Waals surface area contributed by atoms with E-state index in [0.29, 0.717) is 17.9 Å². The third-order valence-corrected chi connectivity index (χ3v) is 3.40. The maximum absolute atomic E-state index is 11.7. The molecule has 0 radical (unpaired) electrons. The number of carbonyl (C=O) groups is 2. The van der Waals surface area contributed by atoms with Crippen LogP contribution in [0.4, 0.5) is 0 Å². The van der Waals surface area contributed by atoms with Crippen molar-refractivity contribution in [2.24, 2.45) is 5.92 Å². The average Bonchev–Trinajstić information content (AvgIpc) is 2.40. The van der Waals surface area contributed by atoms with E-state index in [2.05, 4.69) is 0 Å². The Bertz CT molecular complexity index is 414. The van der Waals surface area contributed by atoms with E-state index in [4.69, 9.17) is 4.74 Å². The van der Waals surface area contributed by atoms with Crippen molar-refractivity contribution in [3.05, 3.63) is 35.9 Å². The van der Waals surface area contributed by atoms with Crippen LogP contribution in [0.5, 0.6) is 0 Å². The number of hydrogen-bond acceptors (Lipinski definition) is 3. The summed E-state index contributed by atoms with van der Waals surface area (Å²) in [5, 5.41) is 0. The van der Waals surface area contributed by atoms with E-state index in [0.717, 1.165) is 12.8 Å². The van der Waals surface area contributed by atoms with Crippen molar-refractivity contribution in [3.8, 4) is 0 Å². The molecule has 0 aliphatic heterocycles. The fourth-order valence-corrected chi connectivity index (χ4v) is 2.41. The molecule has 1 aliphatic rings. The third-order valence-electron chi connectivity index (χ3n) is 3.40. The van der Waals surface area contributed by atoms with Crippen LogP contribution in [0.2, 0.25) is 0 Å². The average molecular weight is 327 g/mol. The fraction of sp³-hybridized carbons (Fsp3) is 0.467. The van der Waals surface area contributed by atoms with Gasteiger partial charge >= 0.3 is 115 Å². The van der Waals surface area contributed by atoms with Gasteiger partial charge in [-0.1, -0.05) is 37.5 Å². The molecule has 100 valence electrons. The zero-order valence-corrected chi connectivity index (χ0v) is 10.4. The van der Waals surface area contributed by atoms with E-state index < -0.39 is 11.9 Å². The molecule has 1 fully saturated rings. The summed E-state index contributed by atoms with van der Waals surface area (Å²) in [5.41, 5.74) is 0.425. The molecule has 0 heterocycles. The molecule has 20 heavy (non-hydrogen) atoms. The van der Waals surface area contributed by atoms with E-state index in [1.807, 2.05) is 6.07 Å². The van der Waals surface area contributed by atoms with Gasteiger partial charge in [0.15, 0.2) is 0 Å². The second kappa shape index (κ2) is 12.1. The second-order valence-electron chi connectivity index (χ2n) is 4.84. The van der Waals surface area contributed by atoms with Crippen LogP contribution in [0.1, 0.15) is 48.9 Å². The molecule has 1 saturated carbocycles. The first-order chi connectivity index (χ1) is 8.75. The van der Waals surface area contributed by atoms with Crippen LogP contribution in [-0.4, -0.2) is 115 Å². The molecule has 0 aromatic heterocycles. The molecule has 1 aromatic carbocycles. The Morgan fingerprint density at radius 3 is 2.20 bits per heavy atom. The molecule has 0 spiro atoms. The number of ether oxygens (including phenoxy) is 1. The predicted octanol–water partition coefficient (Wildman–Crippen LogP) is 2.04. The molecule has 0 atom stereocenters. The first kappa shape index (κ1) is 21.6. The van der Waals surface area contributed by atoms with Crippen molar-refractivity contribution in [3.63, 3.8) is 0 Å². The van der Waals surface area contributed by atoms with Gasteiger partial charge in [-0.25, -0.2) is 4.79 Å². The first-order valence-corrected chi connectivity index (χ1v) is 6.56. The third kappa shape index (κ3) is 7.76. The van der Waals surface area contributed by atoms with Crippen molar-refractivity contribution in [1.82, 2.24) is 0 Å². The number of hydrogen-bond donors (Lipinski definition) is 0. The Balaban J connectivity index is 0.00000180. The van der Waals surface area contributed by atoms with Crippen molar-refractivity contribution < 1.29 is 14.3 Å². The minimum atomic E-state index is -0.545. The predicted molar refractivity (Wildman–Crippen MR) is 82.4 cm³/mol. The molecule has 0 amide bonds. The molecule has 1 aliphatic carbocycles. The van der Waals surface area contributed by atoms with Crippen LogP contribution < -0.4 is 0 Å². The molecule has 1 aromatic rings. The molecule has 0 unspecified atom stereocenters. The number of esters is 2. The second-order valence-corrected chi connectivity index (χ2v) is 4.84. The zero-order chi connectivity index (χ0) is 12.8. The Hall–Kier alpha value is 1.63.